The van der Waals surface area contributed by atoms with Crippen LogP contribution in [0.25, 0.3) is 0 Å². The Balaban J connectivity index is 1.98. The molecule has 0 bridgehead atoms. The van der Waals surface area contributed by atoms with E-state index in [-0.39, 0.29) is 11.3 Å². The summed E-state index contributed by atoms with van der Waals surface area (Å²) in [4.78, 5) is 12.0. The molecule has 0 unspecified atom stereocenters. The summed E-state index contributed by atoms with van der Waals surface area (Å²) < 4.78 is 24.6. The third kappa shape index (κ3) is 5.09. The molecule has 2 aromatic carbocycles. The van der Waals surface area contributed by atoms with E-state index in [1.165, 1.54) is 12.1 Å². The van der Waals surface area contributed by atoms with Crippen molar-refractivity contribution in [3.63, 3.8) is 0 Å². The standard InChI is InChI=1S/C19H21FO3/c1-3-4-5-12-22-18-11-8-15(13-17(18)20)19(21)23-16-9-6-14(2)7-10-16/h6-11,13H,3-5,12H2,1-2H3. The van der Waals surface area contributed by atoms with Gasteiger partial charge < -0.3 is 9.47 Å². The van der Waals surface area contributed by atoms with Gasteiger partial charge in [0.25, 0.3) is 0 Å². The average Bonchev–Trinajstić information content (AvgIpc) is 2.55. The summed E-state index contributed by atoms with van der Waals surface area (Å²) in [5.74, 6) is -0.556. The summed E-state index contributed by atoms with van der Waals surface area (Å²) >= 11 is 0. The Morgan fingerprint density at radius 3 is 2.48 bits per heavy atom. The smallest absolute Gasteiger partial charge is 0.343 e. The lowest BCUT2D eigenvalue weighted by Crippen LogP contribution is -2.09. The van der Waals surface area contributed by atoms with E-state index >= 15 is 0 Å². The molecule has 122 valence electrons. The molecule has 2 rings (SSSR count). The van der Waals surface area contributed by atoms with Gasteiger partial charge in [0.2, 0.25) is 0 Å². The van der Waals surface area contributed by atoms with Crippen molar-refractivity contribution < 1.29 is 18.7 Å². The maximum Gasteiger partial charge on any atom is 0.343 e. The molecule has 0 saturated carbocycles. The molecule has 0 radical (unpaired) electrons. The minimum atomic E-state index is -0.592. The zero-order valence-corrected chi connectivity index (χ0v) is 13.5. The van der Waals surface area contributed by atoms with Crippen LogP contribution in [0.5, 0.6) is 11.5 Å². The van der Waals surface area contributed by atoms with Crippen LogP contribution >= 0.6 is 0 Å². The van der Waals surface area contributed by atoms with Gasteiger partial charge in [-0.25, -0.2) is 9.18 Å². The first-order valence-electron chi connectivity index (χ1n) is 7.81. The molecule has 0 aliphatic rings. The Kier molecular flexibility index (Phi) is 6.15. The van der Waals surface area contributed by atoms with Gasteiger partial charge in [0.15, 0.2) is 11.6 Å². The zero-order valence-electron chi connectivity index (χ0n) is 13.5. The number of carbonyl (C=O) groups excluding carboxylic acids is 1. The van der Waals surface area contributed by atoms with E-state index in [0.717, 1.165) is 30.9 Å². The predicted molar refractivity (Wildman–Crippen MR) is 87.6 cm³/mol. The van der Waals surface area contributed by atoms with Gasteiger partial charge in [-0.1, -0.05) is 37.5 Å². The fourth-order valence-electron chi connectivity index (χ4n) is 2.05. The Morgan fingerprint density at radius 2 is 1.83 bits per heavy atom. The molecule has 23 heavy (non-hydrogen) atoms. The molecule has 3 nitrogen and oxygen atoms in total. The third-order valence-corrected chi connectivity index (χ3v) is 3.40. The summed E-state index contributed by atoms with van der Waals surface area (Å²) in [6, 6.07) is 11.2. The van der Waals surface area contributed by atoms with E-state index in [2.05, 4.69) is 6.92 Å². The Morgan fingerprint density at radius 1 is 1.09 bits per heavy atom. The van der Waals surface area contributed by atoms with Crippen molar-refractivity contribution in [2.45, 2.75) is 33.1 Å². The molecule has 4 heteroatoms. The fraction of sp³-hybridized carbons (Fsp3) is 0.316. The lowest BCUT2D eigenvalue weighted by Gasteiger charge is -2.09. The highest BCUT2D eigenvalue weighted by Crippen LogP contribution is 2.20. The van der Waals surface area contributed by atoms with Crippen LogP contribution in [-0.4, -0.2) is 12.6 Å². The van der Waals surface area contributed by atoms with Crippen LogP contribution in [0.4, 0.5) is 4.39 Å². The molecular formula is C19H21FO3. The van der Waals surface area contributed by atoms with Crippen LogP contribution in [-0.2, 0) is 0 Å². The summed E-state index contributed by atoms with van der Waals surface area (Å²) in [7, 11) is 0. The molecule has 0 aliphatic heterocycles. The van der Waals surface area contributed by atoms with Crippen molar-refractivity contribution >= 4 is 5.97 Å². The summed E-state index contributed by atoms with van der Waals surface area (Å²) in [6.45, 7) is 4.51. The highest BCUT2D eigenvalue weighted by molar-refractivity contribution is 5.91. The highest BCUT2D eigenvalue weighted by Gasteiger charge is 2.12. The van der Waals surface area contributed by atoms with Crippen LogP contribution in [0.1, 0.15) is 42.1 Å². The van der Waals surface area contributed by atoms with E-state index in [1.807, 2.05) is 19.1 Å². The number of hydrogen-bond donors (Lipinski definition) is 0. The molecular weight excluding hydrogens is 295 g/mol. The number of unbranched alkanes of at least 4 members (excludes halogenated alkanes) is 2. The second-order valence-corrected chi connectivity index (χ2v) is 5.40. The number of esters is 1. The van der Waals surface area contributed by atoms with Gasteiger partial charge in [-0.15, -0.1) is 0 Å². The van der Waals surface area contributed by atoms with E-state index in [4.69, 9.17) is 9.47 Å². The molecule has 2 aromatic rings. The van der Waals surface area contributed by atoms with Crippen LogP contribution < -0.4 is 9.47 Å². The molecule has 0 aromatic heterocycles. The van der Waals surface area contributed by atoms with Gasteiger partial charge in [0.05, 0.1) is 12.2 Å². The first-order chi connectivity index (χ1) is 11.1. The number of ether oxygens (including phenoxy) is 2. The second-order valence-electron chi connectivity index (χ2n) is 5.40. The molecule has 0 amide bonds. The number of aryl methyl sites for hydroxylation is 1. The van der Waals surface area contributed by atoms with E-state index in [9.17, 15) is 9.18 Å². The van der Waals surface area contributed by atoms with Crippen molar-refractivity contribution in [3.05, 3.63) is 59.4 Å². The third-order valence-electron chi connectivity index (χ3n) is 3.40. The van der Waals surface area contributed by atoms with E-state index < -0.39 is 11.8 Å². The number of hydrogen-bond acceptors (Lipinski definition) is 3. The van der Waals surface area contributed by atoms with Gasteiger partial charge >= 0.3 is 5.97 Å². The van der Waals surface area contributed by atoms with Crippen LogP contribution in [0.3, 0.4) is 0 Å². The minimum absolute atomic E-state index is 0.156. The van der Waals surface area contributed by atoms with Gasteiger partial charge in [0.1, 0.15) is 5.75 Å². The largest absolute Gasteiger partial charge is 0.491 e. The topological polar surface area (TPSA) is 35.5 Å². The molecule has 0 heterocycles. The lowest BCUT2D eigenvalue weighted by atomic mass is 10.2. The van der Waals surface area contributed by atoms with E-state index in [0.29, 0.717) is 12.4 Å². The normalized spacial score (nSPS) is 10.4. The first-order valence-corrected chi connectivity index (χ1v) is 7.81. The number of rotatable bonds is 7. The summed E-state index contributed by atoms with van der Waals surface area (Å²) in [5.41, 5.74) is 1.23. The SMILES string of the molecule is CCCCCOc1ccc(C(=O)Oc2ccc(C)cc2)cc1F. The van der Waals surface area contributed by atoms with Gasteiger partial charge in [0, 0.05) is 0 Å². The molecule has 0 fully saturated rings. The minimum Gasteiger partial charge on any atom is -0.491 e. The molecule has 0 aliphatic carbocycles. The summed E-state index contributed by atoms with van der Waals surface area (Å²) in [6.07, 6.45) is 3.01. The Hall–Kier alpha value is -2.36. The van der Waals surface area contributed by atoms with Crippen molar-refractivity contribution in [1.82, 2.24) is 0 Å². The van der Waals surface area contributed by atoms with Crippen molar-refractivity contribution in [3.8, 4) is 11.5 Å². The van der Waals surface area contributed by atoms with Crippen LogP contribution in [0.2, 0.25) is 0 Å². The first kappa shape index (κ1) is 17.0. The van der Waals surface area contributed by atoms with Crippen molar-refractivity contribution in [2.75, 3.05) is 6.61 Å². The number of halogens is 1. The second kappa shape index (κ2) is 8.32. The van der Waals surface area contributed by atoms with Gasteiger partial charge in [-0.2, -0.15) is 0 Å². The van der Waals surface area contributed by atoms with Gasteiger partial charge in [-0.05, 0) is 43.7 Å². The van der Waals surface area contributed by atoms with Crippen LogP contribution in [0.15, 0.2) is 42.5 Å². The quantitative estimate of drug-likeness (QED) is 0.413. The molecule has 0 saturated heterocycles. The number of benzene rings is 2. The summed E-state index contributed by atoms with van der Waals surface area (Å²) in [5, 5.41) is 0. The van der Waals surface area contributed by atoms with Crippen molar-refractivity contribution in [1.29, 1.82) is 0 Å². The van der Waals surface area contributed by atoms with Crippen LogP contribution in [0, 0.1) is 12.7 Å². The molecule has 0 atom stereocenters. The predicted octanol–water partition coefficient (Wildman–Crippen LogP) is 4.92. The highest BCUT2D eigenvalue weighted by atomic mass is 19.1. The fourth-order valence-corrected chi connectivity index (χ4v) is 2.05. The lowest BCUT2D eigenvalue weighted by molar-refractivity contribution is 0.0734. The molecule has 0 spiro atoms. The average molecular weight is 316 g/mol. The number of carbonyl (C=O) groups is 1. The maximum atomic E-state index is 14.0. The zero-order chi connectivity index (χ0) is 16.7. The Labute approximate surface area is 136 Å². The Bertz CT molecular complexity index is 650. The van der Waals surface area contributed by atoms with E-state index in [1.54, 1.807) is 12.1 Å². The van der Waals surface area contributed by atoms with Gasteiger partial charge in [-0.3, -0.25) is 0 Å². The molecule has 0 N–H and O–H groups in total. The van der Waals surface area contributed by atoms with Crippen molar-refractivity contribution in [2.24, 2.45) is 0 Å². The monoisotopic (exact) mass is 316 g/mol. The maximum absolute atomic E-state index is 14.0.